The summed E-state index contributed by atoms with van der Waals surface area (Å²) in [6.07, 6.45) is 0. The first kappa shape index (κ1) is 12.3. The zero-order chi connectivity index (χ0) is 11.9. The van der Waals surface area contributed by atoms with Crippen LogP contribution in [-0.4, -0.2) is 84.4 Å². The summed E-state index contributed by atoms with van der Waals surface area (Å²) in [6, 6.07) is 0. The second kappa shape index (κ2) is 5.12. The Balaban J connectivity index is 1.97. The van der Waals surface area contributed by atoms with Crippen LogP contribution in [0.3, 0.4) is 0 Å². The van der Waals surface area contributed by atoms with E-state index in [0.29, 0.717) is 84.4 Å². The summed E-state index contributed by atoms with van der Waals surface area (Å²) in [4.78, 5) is 0. The van der Waals surface area contributed by atoms with Crippen LogP contribution < -0.4 is 18.9 Å². The molecular weight excluding hydrogens is 500 g/mol. The summed E-state index contributed by atoms with van der Waals surface area (Å²) < 4.78 is 30.8. The van der Waals surface area contributed by atoms with E-state index >= 15 is 0 Å². The van der Waals surface area contributed by atoms with E-state index in [1.807, 2.05) is 0 Å². The molecule has 0 saturated heterocycles. The first-order chi connectivity index (χ1) is 8.90. The van der Waals surface area contributed by atoms with E-state index in [-0.39, 0.29) is 0 Å². The maximum atomic E-state index is 5.76. The van der Waals surface area contributed by atoms with Crippen molar-refractivity contribution in [1.29, 1.82) is 0 Å². The van der Waals surface area contributed by atoms with Crippen LogP contribution in [0.4, 0.5) is 0 Å². The van der Waals surface area contributed by atoms with Gasteiger partial charge in [-0.2, -0.15) is 0 Å². The number of hydrogen-bond donors (Lipinski definition) is 0. The molecule has 0 aromatic rings. The van der Waals surface area contributed by atoms with Crippen LogP contribution in [0.25, 0.3) is 0 Å². The van der Waals surface area contributed by atoms with Gasteiger partial charge >= 0.3 is 128 Å². The molecule has 0 spiro atoms. The van der Waals surface area contributed by atoms with Gasteiger partial charge in [-0.15, -0.1) is 0 Å². The zero-order valence-corrected chi connectivity index (χ0v) is 15.9. The van der Waals surface area contributed by atoms with Crippen molar-refractivity contribution in [2.24, 2.45) is 0 Å². The molecule has 4 rings (SSSR count). The van der Waals surface area contributed by atoms with E-state index in [2.05, 4.69) is 0 Å². The number of hydrogen-bond acceptors (Lipinski definition) is 4. The minimum atomic E-state index is 0.326. The fourth-order valence-electron chi connectivity index (χ4n) is 1.60. The third-order valence-electron chi connectivity index (χ3n) is 2.34. The van der Waals surface area contributed by atoms with Gasteiger partial charge < -0.3 is 0 Å². The summed E-state index contributed by atoms with van der Waals surface area (Å²) in [5.41, 5.74) is 0. The Morgan fingerprint density at radius 2 is 0.778 bits per heavy atom. The van der Waals surface area contributed by atoms with Crippen molar-refractivity contribution in [3.8, 4) is 18.5 Å². The fraction of sp³-hybridized carbons (Fsp3) is 0.400. The molecule has 96 valence electrons. The number of fused-ring (bicyclic) bond motifs is 2. The first-order valence-electron chi connectivity index (χ1n) is 5.35. The van der Waals surface area contributed by atoms with Gasteiger partial charge in [0.15, 0.2) is 0 Å². The standard InChI is InChI=1S/C10H8O4Se4/c1-2-12-6-5(11-1)15-9-10(16-6)18-8-7(17-9)13-3-4-14-8/h1-4H2. The number of ether oxygens (including phenoxy) is 4. The van der Waals surface area contributed by atoms with E-state index in [1.165, 1.54) is 0 Å². The molecule has 4 aliphatic rings. The molecule has 0 atom stereocenters. The second-order valence-electron chi connectivity index (χ2n) is 3.53. The average molecular weight is 508 g/mol. The molecular formula is C10H8O4Se4. The monoisotopic (exact) mass is 512 g/mol. The van der Waals surface area contributed by atoms with Gasteiger partial charge in [0.25, 0.3) is 0 Å². The topological polar surface area (TPSA) is 36.9 Å². The van der Waals surface area contributed by atoms with Crippen molar-refractivity contribution in [1.82, 2.24) is 0 Å². The van der Waals surface area contributed by atoms with E-state index < -0.39 is 0 Å². The van der Waals surface area contributed by atoms with Crippen LogP contribution in [0.2, 0.25) is 0 Å². The third-order valence-corrected chi connectivity index (χ3v) is 17.3. The van der Waals surface area contributed by atoms with Gasteiger partial charge in [-0.1, -0.05) is 0 Å². The molecule has 0 unspecified atom stereocenters. The van der Waals surface area contributed by atoms with Gasteiger partial charge in [0.1, 0.15) is 0 Å². The second-order valence-corrected chi connectivity index (χ2v) is 14.4. The molecule has 0 radical (unpaired) electrons. The van der Waals surface area contributed by atoms with Crippen molar-refractivity contribution in [2.75, 3.05) is 26.4 Å². The normalized spacial score (nSPS) is 16.7. The Kier molecular flexibility index (Phi) is 3.49. The van der Waals surface area contributed by atoms with Gasteiger partial charge in [-0.05, 0) is 0 Å². The molecule has 0 aromatic carbocycles. The molecule has 0 amide bonds. The van der Waals surface area contributed by atoms with E-state index in [0.717, 1.165) is 18.5 Å². The van der Waals surface area contributed by atoms with E-state index in [4.69, 9.17) is 18.9 Å². The van der Waals surface area contributed by atoms with Crippen molar-refractivity contribution in [3.05, 3.63) is 5.93 Å². The molecule has 0 aromatic heterocycles. The molecule has 0 aliphatic carbocycles. The third kappa shape index (κ3) is 2.19. The maximum absolute atomic E-state index is 5.76. The molecule has 0 saturated carbocycles. The van der Waals surface area contributed by atoms with Gasteiger partial charge in [0, 0.05) is 0 Å². The quantitative estimate of drug-likeness (QED) is 0.442. The van der Waals surface area contributed by atoms with Crippen LogP contribution in [0.15, 0.2) is 0 Å². The Morgan fingerprint density at radius 1 is 0.500 bits per heavy atom. The predicted molar refractivity (Wildman–Crippen MR) is 69.1 cm³/mol. The van der Waals surface area contributed by atoms with Crippen molar-refractivity contribution in [3.63, 3.8) is 0 Å². The van der Waals surface area contributed by atoms with Crippen molar-refractivity contribution < 1.29 is 18.9 Å². The molecule has 4 heterocycles. The van der Waals surface area contributed by atoms with Gasteiger partial charge in [-0.25, -0.2) is 0 Å². The van der Waals surface area contributed by atoms with Gasteiger partial charge in [0.05, 0.1) is 0 Å². The summed E-state index contributed by atoms with van der Waals surface area (Å²) in [6.45, 7) is 2.85. The van der Waals surface area contributed by atoms with E-state index in [9.17, 15) is 0 Å². The summed E-state index contributed by atoms with van der Waals surface area (Å²) in [7, 11) is 0. The van der Waals surface area contributed by atoms with Gasteiger partial charge in [-0.3, -0.25) is 0 Å². The first-order valence-corrected chi connectivity index (χ1v) is 12.2. The molecule has 4 aliphatic heterocycles. The van der Waals surface area contributed by atoms with Crippen LogP contribution in [0.1, 0.15) is 0 Å². The van der Waals surface area contributed by atoms with E-state index in [1.54, 1.807) is 5.93 Å². The Bertz CT molecular complexity index is 565. The van der Waals surface area contributed by atoms with Crippen LogP contribution in [0.5, 0.6) is 18.5 Å². The van der Waals surface area contributed by atoms with Crippen molar-refractivity contribution >= 4 is 58.0 Å². The molecule has 0 N–H and O–H groups in total. The summed E-state index contributed by atoms with van der Waals surface area (Å²) in [5.74, 6) is 0. The Hall–Kier alpha value is 0.498. The Morgan fingerprint density at radius 3 is 1.06 bits per heavy atom. The fourth-order valence-corrected chi connectivity index (χ4v) is 15.9. The van der Waals surface area contributed by atoms with Crippen molar-refractivity contribution in [2.45, 2.75) is 0 Å². The summed E-state index contributed by atoms with van der Waals surface area (Å²) in [5, 5.41) is 0. The predicted octanol–water partition coefficient (Wildman–Crippen LogP) is -0.694. The van der Waals surface area contributed by atoms with Crippen LogP contribution in [-0.2, 0) is 0 Å². The van der Waals surface area contributed by atoms with Crippen LogP contribution in [0, 0.1) is 5.93 Å². The summed E-state index contributed by atoms with van der Waals surface area (Å²) >= 11 is 1.30. The van der Waals surface area contributed by atoms with Crippen LogP contribution >= 0.6 is 0 Å². The number of rotatable bonds is 0. The molecule has 4 nitrogen and oxygen atoms in total. The minimum absolute atomic E-state index is 0.326. The molecule has 8 heteroatoms. The molecule has 0 bridgehead atoms. The Labute approximate surface area is 127 Å². The zero-order valence-electron chi connectivity index (χ0n) is 9.09. The molecule has 0 fully saturated rings. The molecule has 18 heavy (non-hydrogen) atoms. The SMILES string of the molecule is C1COc2[se]c3[se]c4c([se]c=3[se]c2O1)OCCO4. The van der Waals surface area contributed by atoms with Gasteiger partial charge in [0.2, 0.25) is 0 Å². The average Bonchev–Trinajstić information content (AvgIpc) is 2.42.